The first-order chi connectivity index (χ1) is 18.9. The third kappa shape index (κ3) is 8.06. The lowest BCUT2D eigenvalue weighted by molar-refractivity contribution is -0.316. The smallest absolute Gasteiger partial charge is 0.297 e. The van der Waals surface area contributed by atoms with Crippen LogP contribution in [-0.2, 0) is 46.5 Å². The number of rotatable bonds is 13. The highest BCUT2D eigenvalue weighted by atomic mass is 32.2. The molecule has 5 unspecified atom stereocenters. The Morgan fingerprint density at radius 1 is 0.846 bits per heavy atom. The lowest BCUT2D eigenvalue weighted by atomic mass is 9.98. The first kappa shape index (κ1) is 29.1. The van der Waals surface area contributed by atoms with Crippen molar-refractivity contribution in [2.45, 2.75) is 55.7 Å². The fourth-order valence-corrected chi connectivity index (χ4v) is 5.07. The van der Waals surface area contributed by atoms with E-state index in [2.05, 4.69) is 6.58 Å². The van der Waals surface area contributed by atoms with Crippen molar-refractivity contribution in [3.8, 4) is 0 Å². The predicted octanol–water partition coefficient (Wildman–Crippen LogP) is 4.16. The minimum atomic E-state index is -4.09. The molecule has 8 nitrogen and oxygen atoms in total. The van der Waals surface area contributed by atoms with Crippen molar-refractivity contribution in [3.63, 3.8) is 0 Å². The van der Waals surface area contributed by atoms with Crippen molar-refractivity contribution >= 4 is 10.1 Å². The van der Waals surface area contributed by atoms with Crippen LogP contribution in [0.5, 0.6) is 0 Å². The molecule has 1 aliphatic heterocycles. The molecule has 0 aliphatic carbocycles. The van der Waals surface area contributed by atoms with Gasteiger partial charge in [0.15, 0.2) is 6.29 Å². The molecular weight excluding hydrogens is 520 g/mol. The fourth-order valence-electron chi connectivity index (χ4n) is 4.16. The van der Waals surface area contributed by atoms with E-state index in [0.29, 0.717) is 0 Å². The maximum absolute atomic E-state index is 12.8. The van der Waals surface area contributed by atoms with E-state index in [1.54, 1.807) is 18.2 Å². The van der Waals surface area contributed by atoms with E-state index < -0.39 is 47.4 Å². The Morgan fingerprint density at radius 3 is 1.97 bits per heavy atom. The van der Waals surface area contributed by atoms with Gasteiger partial charge in [-0.15, -0.1) is 6.58 Å². The zero-order chi connectivity index (χ0) is 27.7. The zero-order valence-corrected chi connectivity index (χ0v) is 22.6. The number of hydrogen-bond donors (Lipinski definition) is 1. The van der Waals surface area contributed by atoms with Crippen molar-refractivity contribution in [2.75, 3.05) is 13.2 Å². The van der Waals surface area contributed by atoms with Crippen LogP contribution in [-0.4, -0.2) is 57.4 Å². The SMILES string of the molecule is C=CCOC1OC(COS(=O)(=O)c2ccc(C)cc2)C(O)C(OCc2ccccc2)C1OCc1ccccc1. The highest BCUT2D eigenvalue weighted by Crippen LogP contribution is 2.29. The molecule has 1 N–H and O–H groups in total. The summed E-state index contributed by atoms with van der Waals surface area (Å²) in [6.45, 7) is 5.68. The summed E-state index contributed by atoms with van der Waals surface area (Å²) >= 11 is 0. The summed E-state index contributed by atoms with van der Waals surface area (Å²) in [5.41, 5.74) is 2.74. The largest absolute Gasteiger partial charge is 0.387 e. The molecule has 39 heavy (non-hydrogen) atoms. The van der Waals surface area contributed by atoms with Gasteiger partial charge in [-0.1, -0.05) is 84.4 Å². The second-order valence-electron chi connectivity index (χ2n) is 9.23. The Labute approximate surface area is 229 Å². The van der Waals surface area contributed by atoms with Gasteiger partial charge in [-0.2, -0.15) is 8.42 Å². The Kier molecular flexibility index (Phi) is 10.4. The molecule has 5 atom stereocenters. The van der Waals surface area contributed by atoms with E-state index in [-0.39, 0.29) is 24.7 Å². The number of benzene rings is 3. The topological polar surface area (TPSA) is 101 Å². The van der Waals surface area contributed by atoms with Crippen molar-refractivity contribution in [2.24, 2.45) is 0 Å². The van der Waals surface area contributed by atoms with Gasteiger partial charge in [0, 0.05) is 0 Å². The maximum Gasteiger partial charge on any atom is 0.297 e. The van der Waals surface area contributed by atoms with Crippen LogP contribution < -0.4 is 0 Å². The molecule has 208 valence electrons. The number of ether oxygens (including phenoxy) is 4. The molecule has 0 saturated carbocycles. The van der Waals surface area contributed by atoms with Crippen LogP contribution in [0.25, 0.3) is 0 Å². The Bertz CT molecular complexity index is 1270. The molecule has 4 rings (SSSR count). The van der Waals surface area contributed by atoms with E-state index in [9.17, 15) is 13.5 Å². The number of aliphatic hydroxyl groups is 1. The minimum absolute atomic E-state index is 0.0128. The molecule has 3 aromatic carbocycles. The minimum Gasteiger partial charge on any atom is -0.387 e. The summed E-state index contributed by atoms with van der Waals surface area (Å²) in [5, 5.41) is 11.3. The van der Waals surface area contributed by atoms with Gasteiger partial charge in [0.05, 0.1) is 31.3 Å². The molecule has 1 fully saturated rings. The van der Waals surface area contributed by atoms with Crippen LogP contribution >= 0.6 is 0 Å². The molecule has 0 spiro atoms. The molecule has 9 heteroatoms. The zero-order valence-electron chi connectivity index (χ0n) is 21.8. The molecule has 1 heterocycles. The van der Waals surface area contributed by atoms with Gasteiger partial charge in [-0.25, -0.2) is 0 Å². The number of aliphatic hydroxyl groups excluding tert-OH is 1. The van der Waals surface area contributed by atoms with Gasteiger partial charge >= 0.3 is 0 Å². The highest BCUT2D eigenvalue weighted by Gasteiger charge is 2.48. The normalized spacial score (nSPS) is 23.4. The summed E-state index contributed by atoms with van der Waals surface area (Å²) in [5.74, 6) is 0. The Morgan fingerprint density at radius 2 is 1.41 bits per heavy atom. The van der Waals surface area contributed by atoms with Crippen LogP contribution in [0.4, 0.5) is 0 Å². The molecule has 3 aromatic rings. The number of hydrogen-bond acceptors (Lipinski definition) is 8. The second-order valence-corrected chi connectivity index (χ2v) is 10.8. The summed E-state index contributed by atoms with van der Waals surface area (Å²) in [6.07, 6.45) is -3.49. The second kappa shape index (κ2) is 14.0. The lowest BCUT2D eigenvalue weighted by Gasteiger charge is -2.44. The average Bonchev–Trinajstić information content (AvgIpc) is 2.95. The maximum atomic E-state index is 12.8. The molecule has 0 aromatic heterocycles. The van der Waals surface area contributed by atoms with Crippen LogP contribution in [0.1, 0.15) is 16.7 Å². The average molecular weight is 555 g/mol. The summed E-state index contributed by atoms with van der Waals surface area (Å²) in [7, 11) is -4.09. The quantitative estimate of drug-likeness (QED) is 0.248. The lowest BCUT2D eigenvalue weighted by Crippen LogP contribution is -2.61. The molecule has 0 amide bonds. The summed E-state index contributed by atoms with van der Waals surface area (Å²) in [4.78, 5) is 0.0128. The monoisotopic (exact) mass is 554 g/mol. The molecular formula is C30H34O8S. The Hall–Kier alpha value is -2.89. The van der Waals surface area contributed by atoms with Crippen LogP contribution in [0, 0.1) is 6.92 Å². The van der Waals surface area contributed by atoms with Crippen molar-refractivity contribution in [1.29, 1.82) is 0 Å². The van der Waals surface area contributed by atoms with E-state index in [4.69, 9.17) is 23.1 Å². The standard InChI is InChI=1S/C30H34O8S/c1-3-18-34-30-29(36-20-24-12-8-5-9-13-24)28(35-19-23-10-6-4-7-11-23)27(31)26(38-30)21-37-39(32,33)25-16-14-22(2)15-17-25/h3-17,26-31H,1,18-21H2,2H3. The summed E-state index contributed by atoms with van der Waals surface area (Å²) < 4.78 is 55.2. The molecule has 1 saturated heterocycles. The fraction of sp³-hybridized carbons (Fsp3) is 0.333. The van der Waals surface area contributed by atoms with Crippen LogP contribution in [0.2, 0.25) is 0 Å². The van der Waals surface area contributed by atoms with E-state index in [1.807, 2.05) is 67.6 Å². The summed E-state index contributed by atoms with van der Waals surface area (Å²) in [6, 6.07) is 25.4. The third-order valence-electron chi connectivity index (χ3n) is 6.26. The van der Waals surface area contributed by atoms with Gasteiger partial charge in [0.25, 0.3) is 10.1 Å². The third-order valence-corrected chi connectivity index (χ3v) is 7.56. The van der Waals surface area contributed by atoms with Crippen LogP contribution in [0.3, 0.4) is 0 Å². The predicted molar refractivity (Wildman–Crippen MR) is 145 cm³/mol. The van der Waals surface area contributed by atoms with Crippen molar-refractivity contribution in [1.82, 2.24) is 0 Å². The van der Waals surface area contributed by atoms with Crippen LogP contribution in [0.15, 0.2) is 102 Å². The van der Waals surface area contributed by atoms with E-state index in [0.717, 1.165) is 16.7 Å². The van der Waals surface area contributed by atoms with Gasteiger partial charge in [0.1, 0.15) is 24.4 Å². The highest BCUT2D eigenvalue weighted by molar-refractivity contribution is 7.86. The van der Waals surface area contributed by atoms with Gasteiger partial charge in [-0.05, 0) is 30.2 Å². The van der Waals surface area contributed by atoms with Gasteiger partial charge in [0.2, 0.25) is 0 Å². The van der Waals surface area contributed by atoms with E-state index >= 15 is 0 Å². The van der Waals surface area contributed by atoms with Gasteiger partial charge < -0.3 is 24.1 Å². The van der Waals surface area contributed by atoms with Gasteiger partial charge in [-0.3, -0.25) is 4.18 Å². The van der Waals surface area contributed by atoms with Crippen molar-refractivity contribution in [3.05, 3.63) is 114 Å². The molecule has 1 aliphatic rings. The van der Waals surface area contributed by atoms with Crippen molar-refractivity contribution < 1.29 is 36.7 Å². The first-order valence-corrected chi connectivity index (χ1v) is 14.1. The number of aryl methyl sites for hydroxylation is 1. The Balaban J connectivity index is 1.54. The first-order valence-electron chi connectivity index (χ1n) is 12.7. The van der Waals surface area contributed by atoms with E-state index in [1.165, 1.54) is 12.1 Å². The molecule has 0 radical (unpaired) electrons. The molecule has 0 bridgehead atoms.